The minimum Gasteiger partial charge on any atom is -0.506 e. The van der Waals surface area contributed by atoms with E-state index < -0.39 is 0 Å². The number of likely N-dealkylation sites (tertiary alicyclic amines) is 1. The Balaban J connectivity index is 1.51. The van der Waals surface area contributed by atoms with E-state index in [2.05, 4.69) is 31.0 Å². The number of aryl methyl sites for hydroxylation is 1. The Kier molecular flexibility index (Phi) is 5.90. The zero-order valence-corrected chi connectivity index (χ0v) is 16.1. The van der Waals surface area contributed by atoms with Crippen molar-refractivity contribution in [2.75, 3.05) is 25.0 Å². The van der Waals surface area contributed by atoms with E-state index in [1.165, 1.54) is 31.2 Å². The molecule has 1 heterocycles. The molecule has 1 saturated carbocycles. The van der Waals surface area contributed by atoms with Gasteiger partial charge in [0, 0.05) is 31.3 Å². The van der Waals surface area contributed by atoms with Crippen molar-refractivity contribution in [3.63, 3.8) is 0 Å². The van der Waals surface area contributed by atoms with Crippen LogP contribution in [0.2, 0.25) is 0 Å². The summed E-state index contributed by atoms with van der Waals surface area (Å²) in [5.74, 6) is 0.356. The first-order valence-corrected chi connectivity index (χ1v) is 9.93. The molecular weight excluding hydrogens is 312 g/mol. The number of hydrogen-bond acceptors (Lipinski definition) is 4. The van der Waals surface area contributed by atoms with Gasteiger partial charge in [-0.05, 0) is 77.0 Å². The van der Waals surface area contributed by atoms with E-state index in [4.69, 9.17) is 4.74 Å². The summed E-state index contributed by atoms with van der Waals surface area (Å²) in [7, 11) is 0. The number of anilines is 1. The number of nitrogens with zero attached hydrogens (tertiary/aromatic N) is 1. The second-order valence-corrected chi connectivity index (χ2v) is 8.08. The molecule has 1 aromatic rings. The lowest BCUT2D eigenvalue weighted by Crippen LogP contribution is -2.53. The Morgan fingerprint density at radius 2 is 1.88 bits per heavy atom. The van der Waals surface area contributed by atoms with Gasteiger partial charge in [-0.1, -0.05) is 6.07 Å². The monoisotopic (exact) mass is 346 g/mol. The van der Waals surface area contributed by atoms with Gasteiger partial charge in [0.05, 0.1) is 11.8 Å². The number of phenolic OH excluding ortho intramolecular Hbond substituents is 1. The summed E-state index contributed by atoms with van der Waals surface area (Å²) in [4.78, 5) is 2.70. The Bertz CT molecular complexity index is 559. The van der Waals surface area contributed by atoms with Crippen LogP contribution >= 0.6 is 0 Å². The lowest BCUT2D eigenvalue weighted by Gasteiger charge is -2.48. The molecule has 0 spiro atoms. The number of benzene rings is 1. The standard InChI is InChI=1S/C21H34N2O2/c1-4-25-18-7-11-21(3,12-8-18)23-13-9-17(10-14-23)22-19-15-16(2)5-6-20(19)24/h5-6,15,17-18,22,24H,4,7-14H2,1-3H3. The molecule has 4 heteroatoms. The van der Waals surface area contributed by atoms with Gasteiger partial charge in [-0.2, -0.15) is 0 Å². The van der Waals surface area contributed by atoms with Gasteiger partial charge < -0.3 is 15.2 Å². The van der Waals surface area contributed by atoms with Crippen molar-refractivity contribution in [2.45, 2.75) is 77.0 Å². The van der Waals surface area contributed by atoms with E-state index >= 15 is 0 Å². The summed E-state index contributed by atoms with van der Waals surface area (Å²) in [6.45, 7) is 9.71. The van der Waals surface area contributed by atoms with Crippen molar-refractivity contribution in [3.8, 4) is 5.75 Å². The predicted octanol–water partition coefficient (Wildman–Crippen LogP) is 4.31. The second kappa shape index (κ2) is 7.96. The van der Waals surface area contributed by atoms with Crippen molar-refractivity contribution >= 4 is 5.69 Å². The summed E-state index contributed by atoms with van der Waals surface area (Å²) in [5, 5.41) is 13.6. The average Bonchev–Trinajstić information content (AvgIpc) is 2.61. The minimum absolute atomic E-state index is 0.337. The molecule has 0 atom stereocenters. The average molecular weight is 347 g/mol. The van der Waals surface area contributed by atoms with Crippen molar-refractivity contribution in [1.82, 2.24) is 4.90 Å². The van der Waals surface area contributed by atoms with E-state index in [1.54, 1.807) is 6.07 Å². The quantitative estimate of drug-likeness (QED) is 0.780. The van der Waals surface area contributed by atoms with Crippen LogP contribution in [0.5, 0.6) is 5.75 Å². The van der Waals surface area contributed by atoms with Gasteiger partial charge in [0.25, 0.3) is 0 Å². The van der Waals surface area contributed by atoms with Gasteiger partial charge in [0.2, 0.25) is 0 Å². The molecule has 2 fully saturated rings. The van der Waals surface area contributed by atoms with Crippen LogP contribution in [0.15, 0.2) is 18.2 Å². The fourth-order valence-electron chi connectivity index (χ4n) is 4.48. The molecule has 140 valence electrons. The van der Waals surface area contributed by atoms with E-state index in [9.17, 15) is 5.11 Å². The second-order valence-electron chi connectivity index (χ2n) is 8.08. The highest BCUT2D eigenvalue weighted by molar-refractivity contribution is 5.57. The maximum absolute atomic E-state index is 10.0. The van der Waals surface area contributed by atoms with Gasteiger partial charge in [-0.3, -0.25) is 4.90 Å². The minimum atomic E-state index is 0.337. The molecule has 0 bridgehead atoms. The lowest BCUT2D eigenvalue weighted by molar-refractivity contribution is -0.0242. The number of nitrogens with one attached hydrogen (secondary N) is 1. The highest BCUT2D eigenvalue weighted by Crippen LogP contribution is 2.37. The molecule has 0 amide bonds. The van der Waals surface area contributed by atoms with Crippen molar-refractivity contribution in [1.29, 1.82) is 0 Å². The van der Waals surface area contributed by atoms with Gasteiger partial charge in [-0.15, -0.1) is 0 Å². The first kappa shape index (κ1) is 18.5. The third-order valence-corrected chi connectivity index (χ3v) is 6.18. The normalized spacial score (nSPS) is 28.8. The number of piperidine rings is 1. The smallest absolute Gasteiger partial charge is 0.138 e. The molecule has 0 radical (unpaired) electrons. The molecule has 1 aromatic carbocycles. The Hall–Kier alpha value is -1.26. The van der Waals surface area contributed by atoms with Crippen LogP contribution in [0, 0.1) is 6.92 Å². The van der Waals surface area contributed by atoms with Crippen LogP contribution in [0.4, 0.5) is 5.69 Å². The Labute approximate surface area is 152 Å². The third kappa shape index (κ3) is 4.48. The topological polar surface area (TPSA) is 44.7 Å². The summed E-state index contributed by atoms with van der Waals surface area (Å²) < 4.78 is 5.82. The van der Waals surface area contributed by atoms with E-state index in [0.29, 0.717) is 23.4 Å². The maximum atomic E-state index is 10.0. The van der Waals surface area contributed by atoms with Gasteiger partial charge in [0.1, 0.15) is 5.75 Å². The van der Waals surface area contributed by atoms with Crippen LogP contribution in [0.3, 0.4) is 0 Å². The summed E-state index contributed by atoms with van der Waals surface area (Å²) >= 11 is 0. The lowest BCUT2D eigenvalue weighted by atomic mass is 9.79. The first-order valence-electron chi connectivity index (χ1n) is 9.93. The van der Waals surface area contributed by atoms with Crippen molar-refractivity contribution < 1.29 is 9.84 Å². The molecule has 2 aliphatic rings. The van der Waals surface area contributed by atoms with Crippen LogP contribution in [0.1, 0.15) is 57.9 Å². The Morgan fingerprint density at radius 3 is 2.52 bits per heavy atom. The van der Waals surface area contributed by atoms with E-state index in [1.807, 2.05) is 12.1 Å². The van der Waals surface area contributed by atoms with E-state index in [-0.39, 0.29) is 0 Å². The molecule has 3 rings (SSSR count). The molecule has 2 N–H and O–H groups in total. The fourth-order valence-corrected chi connectivity index (χ4v) is 4.48. The highest BCUT2D eigenvalue weighted by Gasteiger charge is 2.38. The number of ether oxygens (including phenoxy) is 1. The van der Waals surface area contributed by atoms with Crippen LogP contribution in [-0.4, -0.2) is 47.4 Å². The molecule has 25 heavy (non-hydrogen) atoms. The van der Waals surface area contributed by atoms with Crippen molar-refractivity contribution in [2.24, 2.45) is 0 Å². The molecular formula is C21H34N2O2. The summed E-state index contributed by atoms with van der Waals surface area (Å²) in [6, 6.07) is 6.22. The zero-order valence-electron chi connectivity index (χ0n) is 16.1. The highest BCUT2D eigenvalue weighted by atomic mass is 16.5. The third-order valence-electron chi connectivity index (χ3n) is 6.18. The number of rotatable bonds is 5. The predicted molar refractivity (Wildman–Crippen MR) is 103 cm³/mol. The SMILES string of the molecule is CCOC1CCC(C)(N2CCC(Nc3cc(C)ccc3O)CC2)CC1. The molecule has 0 aromatic heterocycles. The summed E-state index contributed by atoms with van der Waals surface area (Å²) in [6.07, 6.45) is 7.62. The number of phenols is 1. The van der Waals surface area contributed by atoms with E-state index in [0.717, 1.165) is 38.2 Å². The van der Waals surface area contributed by atoms with Gasteiger partial charge >= 0.3 is 0 Å². The molecule has 4 nitrogen and oxygen atoms in total. The fraction of sp³-hybridized carbons (Fsp3) is 0.714. The first-order chi connectivity index (χ1) is 12.0. The van der Waals surface area contributed by atoms with Gasteiger partial charge in [-0.25, -0.2) is 0 Å². The van der Waals surface area contributed by atoms with Gasteiger partial charge in [0.15, 0.2) is 0 Å². The Morgan fingerprint density at radius 1 is 1.20 bits per heavy atom. The molecule has 0 unspecified atom stereocenters. The number of aromatic hydroxyl groups is 1. The molecule has 1 aliphatic heterocycles. The largest absolute Gasteiger partial charge is 0.506 e. The molecule has 1 saturated heterocycles. The summed E-state index contributed by atoms with van der Waals surface area (Å²) in [5.41, 5.74) is 2.39. The maximum Gasteiger partial charge on any atom is 0.138 e. The van der Waals surface area contributed by atoms with Crippen LogP contribution < -0.4 is 5.32 Å². The number of hydrogen-bond donors (Lipinski definition) is 2. The van der Waals surface area contributed by atoms with Crippen LogP contribution in [-0.2, 0) is 4.74 Å². The molecule has 1 aliphatic carbocycles. The zero-order chi connectivity index (χ0) is 17.9. The van der Waals surface area contributed by atoms with Crippen LogP contribution in [0.25, 0.3) is 0 Å². The van der Waals surface area contributed by atoms with Crippen molar-refractivity contribution in [3.05, 3.63) is 23.8 Å².